The van der Waals surface area contributed by atoms with Crippen LogP contribution in [0.1, 0.15) is 37.7 Å². The summed E-state index contributed by atoms with van der Waals surface area (Å²) in [4.78, 5) is 17.4. The molecule has 1 amide bonds. The quantitative estimate of drug-likeness (QED) is 0.858. The zero-order valence-electron chi connectivity index (χ0n) is 15.5. The highest BCUT2D eigenvalue weighted by atomic mass is 35.5. The van der Waals surface area contributed by atoms with Crippen LogP contribution in [-0.4, -0.2) is 54.5 Å². The first-order valence-corrected chi connectivity index (χ1v) is 10.6. The van der Waals surface area contributed by atoms with Gasteiger partial charge in [-0.15, -0.1) is 0 Å². The molecule has 5 heteroatoms. The van der Waals surface area contributed by atoms with Crippen LogP contribution in [0.15, 0.2) is 24.3 Å². The lowest BCUT2D eigenvalue weighted by molar-refractivity contribution is -0.123. The normalized spacial score (nSPS) is 30.2. The predicted octanol–water partition coefficient (Wildman–Crippen LogP) is 3.15. The van der Waals surface area contributed by atoms with E-state index in [2.05, 4.69) is 27.2 Å². The lowest BCUT2D eigenvalue weighted by atomic mass is 9.78. The van der Waals surface area contributed by atoms with Crippen molar-refractivity contribution >= 4 is 17.5 Å². The number of rotatable bonds is 5. The zero-order valence-corrected chi connectivity index (χ0v) is 16.3. The molecule has 2 heterocycles. The molecule has 3 fully saturated rings. The van der Waals surface area contributed by atoms with Crippen LogP contribution < -0.4 is 5.32 Å². The molecular weight excluding hydrogens is 346 g/mol. The Morgan fingerprint density at radius 1 is 1.00 bits per heavy atom. The summed E-state index contributed by atoms with van der Waals surface area (Å²) in [6.07, 6.45) is 6.04. The topological polar surface area (TPSA) is 35.6 Å². The Labute approximate surface area is 161 Å². The number of halogens is 1. The SMILES string of the molecule is O=C1N[C@@H]2CCCC[C@H]2C1CCN1CCN(Cc2ccc(Cl)cc2)CC1. The molecule has 1 aromatic rings. The molecule has 1 N–H and O–H groups in total. The standard InChI is InChI=1S/C21H30ClN3O/c22-17-7-5-16(6-8-17)15-25-13-11-24(12-14-25)10-9-19-18-3-1-2-4-20(18)23-21(19)26/h5-8,18-20H,1-4,9-15H2,(H,23,26)/t18-,19?,20+/m0/s1. The van der Waals surface area contributed by atoms with E-state index in [4.69, 9.17) is 11.6 Å². The number of nitrogens with zero attached hydrogens (tertiary/aromatic N) is 2. The van der Waals surface area contributed by atoms with Crippen molar-refractivity contribution in [1.82, 2.24) is 15.1 Å². The van der Waals surface area contributed by atoms with E-state index >= 15 is 0 Å². The number of fused-ring (bicyclic) bond motifs is 1. The molecule has 1 aliphatic carbocycles. The maximum Gasteiger partial charge on any atom is 0.223 e. The van der Waals surface area contributed by atoms with Crippen LogP contribution in [0.25, 0.3) is 0 Å². The Morgan fingerprint density at radius 3 is 2.46 bits per heavy atom. The van der Waals surface area contributed by atoms with E-state index in [1.54, 1.807) is 0 Å². The van der Waals surface area contributed by atoms with Crippen molar-refractivity contribution in [2.75, 3.05) is 32.7 Å². The van der Waals surface area contributed by atoms with Gasteiger partial charge in [-0.3, -0.25) is 9.69 Å². The molecule has 2 saturated heterocycles. The molecular formula is C21H30ClN3O. The number of nitrogens with one attached hydrogen (secondary N) is 1. The average molecular weight is 376 g/mol. The summed E-state index contributed by atoms with van der Waals surface area (Å²) in [5.74, 6) is 1.18. The highest BCUT2D eigenvalue weighted by molar-refractivity contribution is 6.30. The van der Waals surface area contributed by atoms with Gasteiger partial charge in [0.25, 0.3) is 0 Å². The van der Waals surface area contributed by atoms with Gasteiger partial charge in [-0.05, 0) is 49.4 Å². The van der Waals surface area contributed by atoms with Crippen LogP contribution in [0, 0.1) is 11.8 Å². The number of carbonyl (C=O) groups is 1. The number of amides is 1. The van der Waals surface area contributed by atoms with Crippen molar-refractivity contribution in [3.8, 4) is 0 Å². The van der Waals surface area contributed by atoms with Gasteiger partial charge in [0, 0.05) is 49.7 Å². The van der Waals surface area contributed by atoms with E-state index in [0.717, 1.165) is 50.7 Å². The first-order valence-electron chi connectivity index (χ1n) is 10.2. The summed E-state index contributed by atoms with van der Waals surface area (Å²) in [5, 5.41) is 4.06. The van der Waals surface area contributed by atoms with Gasteiger partial charge in [-0.2, -0.15) is 0 Å². The minimum atomic E-state index is 0.257. The number of hydrogen-bond acceptors (Lipinski definition) is 3. The fraction of sp³-hybridized carbons (Fsp3) is 0.667. The molecule has 1 aromatic carbocycles. The number of hydrogen-bond donors (Lipinski definition) is 1. The van der Waals surface area contributed by atoms with E-state index < -0.39 is 0 Å². The van der Waals surface area contributed by atoms with E-state index in [0.29, 0.717) is 17.9 Å². The van der Waals surface area contributed by atoms with Crippen LogP contribution in [0.5, 0.6) is 0 Å². The number of benzene rings is 1. The third-order valence-electron chi connectivity index (χ3n) is 6.54. The molecule has 142 valence electrons. The Morgan fingerprint density at radius 2 is 1.69 bits per heavy atom. The highest BCUT2D eigenvalue weighted by Crippen LogP contribution is 2.37. The van der Waals surface area contributed by atoms with Crippen LogP contribution in [0.3, 0.4) is 0 Å². The predicted molar refractivity (Wildman–Crippen MR) is 105 cm³/mol. The second-order valence-electron chi connectivity index (χ2n) is 8.20. The van der Waals surface area contributed by atoms with Crippen molar-refractivity contribution in [2.24, 2.45) is 11.8 Å². The minimum Gasteiger partial charge on any atom is -0.353 e. The van der Waals surface area contributed by atoms with Gasteiger partial charge in [-0.25, -0.2) is 0 Å². The largest absolute Gasteiger partial charge is 0.353 e. The maximum atomic E-state index is 12.3. The molecule has 4 rings (SSSR count). The lowest BCUT2D eigenvalue weighted by Gasteiger charge is -2.35. The summed E-state index contributed by atoms with van der Waals surface area (Å²) in [5.41, 5.74) is 1.33. The van der Waals surface area contributed by atoms with Gasteiger partial charge in [0.2, 0.25) is 5.91 Å². The molecule has 0 aromatic heterocycles. The molecule has 0 bridgehead atoms. The molecule has 1 saturated carbocycles. The van der Waals surface area contributed by atoms with Crippen LogP contribution in [0.2, 0.25) is 5.02 Å². The van der Waals surface area contributed by atoms with Crippen LogP contribution in [-0.2, 0) is 11.3 Å². The third-order valence-corrected chi connectivity index (χ3v) is 6.79. The second-order valence-corrected chi connectivity index (χ2v) is 8.64. The van der Waals surface area contributed by atoms with E-state index in [1.807, 2.05) is 12.1 Å². The molecule has 3 aliphatic rings. The van der Waals surface area contributed by atoms with Gasteiger partial charge >= 0.3 is 0 Å². The van der Waals surface area contributed by atoms with E-state index in [1.165, 1.54) is 31.2 Å². The molecule has 3 atom stereocenters. The fourth-order valence-corrected chi connectivity index (χ4v) is 5.12. The van der Waals surface area contributed by atoms with E-state index in [-0.39, 0.29) is 5.92 Å². The minimum absolute atomic E-state index is 0.257. The van der Waals surface area contributed by atoms with Gasteiger partial charge in [-0.1, -0.05) is 36.6 Å². The average Bonchev–Trinajstić information content (AvgIpc) is 2.98. The van der Waals surface area contributed by atoms with Crippen molar-refractivity contribution in [3.05, 3.63) is 34.9 Å². The Hall–Kier alpha value is -1.10. The smallest absolute Gasteiger partial charge is 0.223 e. The molecule has 4 nitrogen and oxygen atoms in total. The van der Waals surface area contributed by atoms with Crippen LogP contribution >= 0.6 is 11.6 Å². The second kappa shape index (κ2) is 8.28. The van der Waals surface area contributed by atoms with Gasteiger partial charge in [0.05, 0.1) is 0 Å². The molecule has 1 unspecified atom stereocenters. The molecule has 26 heavy (non-hydrogen) atoms. The maximum absolute atomic E-state index is 12.3. The van der Waals surface area contributed by atoms with Gasteiger partial charge < -0.3 is 10.2 Å². The summed E-state index contributed by atoms with van der Waals surface area (Å²) in [6, 6.07) is 8.65. The summed E-state index contributed by atoms with van der Waals surface area (Å²) >= 11 is 5.97. The van der Waals surface area contributed by atoms with Crippen molar-refractivity contribution < 1.29 is 4.79 Å². The van der Waals surface area contributed by atoms with Crippen LogP contribution in [0.4, 0.5) is 0 Å². The van der Waals surface area contributed by atoms with E-state index in [9.17, 15) is 4.79 Å². The van der Waals surface area contributed by atoms with Crippen molar-refractivity contribution in [1.29, 1.82) is 0 Å². The summed E-state index contributed by atoms with van der Waals surface area (Å²) < 4.78 is 0. The first kappa shape index (κ1) is 18.3. The lowest BCUT2D eigenvalue weighted by Crippen LogP contribution is -2.46. The first-order chi connectivity index (χ1) is 12.7. The van der Waals surface area contributed by atoms with Crippen molar-refractivity contribution in [3.63, 3.8) is 0 Å². The fourth-order valence-electron chi connectivity index (χ4n) is 4.99. The molecule has 2 aliphatic heterocycles. The summed E-state index contributed by atoms with van der Waals surface area (Å²) in [7, 11) is 0. The Bertz CT molecular complexity index is 612. The van der Waals surface area contributed by atoms with Gasteiger partial charge in [0.1, 0.15) is 0 Å². The highest BCUT2D eigenvalue weighted by Gasteiger charge is 2.42. The number of piperazine rings is 1. The Kier molecular flexibility index (Phi) is 5.82. The molecule has 0 radical (unpaired) electrons. The Balaban J connectivity index is 1.21. The van der Waals surface area contributed by atoms with Crippen molar-refractivity contribution in [2.45, 2.75) is 44.7 Å². The van der Waals surface area contributed by atoms with Gasteiger partial charge in [0.15, 0.2) is 0 Å². The zero-order chi connectivity index (χ0) is 17.9. The molecule has 0 spiro atoms. The number of carbonyl (C=O) groups excluding carboxylic acids is 1. The third kappa shape index (κ3) is 4.24. The monoisotopic (exact) mass is 375 g/mol. The summed E-state index contributed by atoms with van der Waals surface area (Å²) in [6.45, 7) is 6.49.